The van der Waals surface area contributed by atoms with Gasteiger partial charge in [0.25, 0.3) is 0 Å². The average molecular weight is 366 g/mol. The van der Waals surface area contributed by atoms with E-state index in [2.05, 4.69) is 9.47 Å². The Morgan fingerprint density at radius 1 is 0.923 bits per heavy atom. The molecule has 0 saturated heterocycles. The van der Waals surface area contributed by atoms with Gasteiger partial charge in [-0.1, -0.05) is 24.3 Å². The second-order valence-corrected chi connectivity index (χ2v) is 5.61. The molecule has 0 N–H and O–H groups in total. The highest BCUT2D eigenvalue weighted by Gasteiger charge is 2.22. The van der Waals surface area contributed by atoms with Gasteiger partial charge >= 0.3 is 13.2 Å². The van der Waals surface area contributed by atoms with Crippen LogP contribution in [0.2, 0.25) is 0 Å². The van der Waals surface area contributed by atoms with Gasteiger partial charge in [-0.05, 0) is 36.6 Å². The van der Waals surface area contributed by atoms with Gasteiger partial charge in [-0.3, -0.25) is 4.79 Å². The molecule has 3 nitrogen and oxygen atoms in total. The molecule has 0 spiro atoms. The minimum absolute atomic E-state index is 0.189. The summed E-state index contributed by atoms with van der Waals surface area (Å²) in [4.78, 5) is 12.6. The number of ketones is 1. The molecule has 0 atom stereocenters. The largest absolute Gasteiger partial charge is 0.435 e. The van der Waals surface area contributed by atoms with Crippen LogP contribution in [-0.2, 0) is 6.42 Å². The summed E-state index contributed by atoms with van der Waals surface area (Å²) in [5, 5.41) is 0. The van der Waals surface area contributed by atoms with Crippen molar-refractivity contribution in [1.29, 1.82) is 0 Å². The number of Topliss-reactive ketones (excluding diaryl/α,β-unsaturated/α-hetero) is 1. The molecular formula is C19H14F4O3. The van der Waals surface area contributed by atoms with E-state index in [1.165, 1.54) is 18.2 Å². The number of benzene rings is 2. The highest BCUT2D eigenvalue weighted by Crippen LogP contribution is 2.32. The van der Waals surface area contributed by atoms with Gasteiger partial charge in [0.1, 0.15) is 11.5 Å². The zero-order chi connectivity index (χ0) is 18.7. The number of hydrogen-bond donors (Lipinski definition) is 0. The summed E-state index contributed by atoms with van der Waals surface area (Å²) in [6, 6.07) is 10.6. The van der Waals surface area contributed by atoms with Gasteiger partial charge in [0.05, 0.1) is 0 Å². The predicted octanol–water partition coefficient (Wildman–Crippen LogP) is 5.10. The zero-order valence-electron chi connectivity index (χ0n) is 13.4. The third-order valence-corrected chi connectivity index (χ3v) is 3.97. The van der Waals surface area contributed by atoms with Crippen LogP contribution in [-0.4, -0.2) is 19.0 Å². The number of ether oxygens (including phenoxy) is 2. The number of fused-ring (bicyclic) bond motifs is 1. The Hall–Kier alpha value is -2.83. The fourth-order valence-corrected chi connectivity index (χ4v) is 2.85. The molecule has 0 heterocycles. The van der Waals surface area contributed by atoms with Gasteiger partial charge < -0.3 is 9.47 Å². The Balaban J connectivity index is 1.95. The van der Waals surface area contributed by atoms with Crippen LogP contribution in [0.4, 0.5) is 17.6 Å². The summed E-state index contributed by atoms with van der Waals surface area (Å²) in [6.07, 6.45) is 2.53. The average Bonchev–Trinajstić information content (AvgIpc) is 2.58. The number of halogens is 4. The minimum Gasteiger partial charge on any atom is -0.435 e. The Bertz CT molecular complexity index is 846. The van der Waals surface area contributed by atoms with E-state index in [1.54, 1.807) is 12.1 Å². The Morgan fingerprint density at radius 3 is 2.38 bits per heavy atom. The number of allylic oxidation sites excluding steroid dienone is 1. The smallest absolute Gasteiger partial charge is 0.387 e. The maximum atomic E-state index is 12.6. The predicted molar refractivity (Wildman–Crippen MR) is 86.8 cm³/mol. The van der Waals surface area contributed by atoms with E-state index in [1.807, 2.05) is 12.1 Å². The molecular weight excluding hydrogens is 352 g/mol. The van der Waals surface area contributed by atoms with Gasteiger partial charge in [-0.15, -0.1) is 0 Å². The molecule has 1 aliphatic rings. The SMILES string of the molecule is O=C1/C(=C/c2ccc(OC(F)F)cc2OC(F)F)CCc2ccccc21. The maximum absolute atomic E-state index is 12.6. The van der Waals surface area contributed by atoms with Crippen molar-refractivity contribution in [3.63, 3.8) is 0 Å². The van der Waals surface area contributed by atoms with Crippen LogP contribution in [0.25, 0.3) is 6.08 Å². The van der Waals surface area contributed by atoms with E-state index in [-0.39, 0.29) is 22.8 Å². The second kappa shape index (κ2) is 7.59. The first-order valence-electron chi connectivity index (χ1n) is 7.81. The van der Waals surface area contributed by atoms with Crippen LogP contribution >= 0.6 is 0 Å². The molecule has 3 rings (SSSR count). The van der Waals surface area contributed by atoms with E-state index < -0.39 is 13.2 Å². The van der Waals surface area contributed by atoms with Crippen molar-refractivity contribution in [1.82, 2.24) is 0 Å². The van der Waals surface area contributed by atoms with E-state index in [0.29, 0.717) is 24.0 Å². The molecule has 0 aromatic heterocycles. The zero-order valence-corrected chi connectivity index (χ0v) is 13.4. The van der Waals surface area contributed by atoms with Crippen molar-refractivity contribution in [3.05, 3.63) is 64.7 Å². The van der Waals surface area contributed by atoms with Crippen LogP contribution in [0.3, 0.4) is 0 Å². The van der Waals surface area contributed by atoms with Crippen molar-refractivity contribution < 1.29 is 31.8 Å². The molecule has 1 aliphatic carbocycles. The summed E-state index contributed by atoms with van der Waals surface area (Å²) in [6.45, 7) is -6.23. The molecule has 2 aromatic rings. The lowest BCUT2D eigenvalue weighted by molar-refractivity contribution is -0.0543. The number of rotatable bonds is 5. The summed E-state index contributed by atoms with van der Waals surface area (Å²) in [7, 11) is 0. The number of aryl methyl sites for hydroxylation is 1. The molecule has 0 fully saturated rings. The monoisotopic (exact) mass is 366 g/mol. The second-order valence-electron chi connectivity index (χ2n) is 5.61. The lowest BCUT2D eigenvalue weighted by Crippen LogP contribution is -2.14. The Morgan fingerprint density at radius 2 is 1.65 bits per heavy atom. The topological polar surface area (TPSA) is 35.5 Å². The van der Waals surface area contributed by atoms with Crippen LogP contribution in [0.5, 0.6) is 11.5 Å². The molecule has 0 unspecified atom stereocenters. The van der Waals surface area contributed by atoms with Crippen LogP contribution in [0, 0.1) is 0 Å². The maximum Gasteiger partial charge on any atom is 0.387 e. The van der Waals surface area contributed by atoms with Gasteiger partial charge in [0.15, 0.2) is 5.78 Å². The molecule has 136 valence electrons. The standard InChI is InChI=1S/C19H14F4O3/c20-18(21)25-14-8-7-12(16(10-14)26-19(22)23)9-13-6-5-11-3-1-2-4-15(11)17(13)24/h1-4,7-10,18-19H,5-6H2/b13-9+. The lowest BCUT2D eigenvalue weighted by Gasteiger charge is -2.18. The summed E-state index contributed by atoms with van der Waals surface area (Å²) < 4.78 is 58.5. The summed E-state index contributed by atoms with van der Waals surface area (Å²) in [5.74, 6) is -0.835. The molecule has 0 bridgehead atoms. The van der Waals surface area contributed by atoms with E-state index in [4.69, 9.17) is 0 Å². The first-order valence-corrected chi connectivity index (χ1v) is 7.81. The fourth-order valence-electron chi connectivity index (χ4n) is 2.85. The molecule has 7 heteroatoms. The summed E-state index contributed by atoms with van der Waals surface area (Å²) >= 11 is 0. The highest BCUT2D eigenvalue weighted by molar-refractivity contribution is 6.13. The number of carbonyl (C=O) groups excluding carboxylic acids is 1. The minimum atomic E-state index is -3.14. The van der Waals surface area contributed by atoms with Crippen LogP contribution < -0.4 is 9.47 Å². The third kappa shape index (κ3) is 4.04. The van der Waals surface area contributed by atoms with Crippen LogP contribution in [0.15, 0.2) is 48.0 Å². The van der Waals surface area contributed by atoms with Crippen LogP contribution in [0.1, 0.15) is 27.9 Å². The first-order chi connectivity index (χ1) is 12.4. The Kier molecular flexibility index (Phi) is 5.25. The third-order valence-electron chi connectivity index (χ3n) is 3.97. The fraction of sp³-hybridized carbons (Fsp3) is 0.211. The molecule has 0 saturated carbocycles. The van der Waals surface area contributed by atoms with Crippen molar-refractivity contribution in [2.45, 2.75) is 26.1 Å². The van der Waals surface area contributed by atoms with Gasteiger partial charge in [0, 0.05) is 22.8 Å². The Labute approximate surface area is 146 Å². The lowest BCUT2D eigenvalue weighted by atomic mass is 9.86. The number of alkyl halides is 4. The molecule has 0 amide bonds. The van der Waals surface area contributed by atoms with Gasteiger partial charge in [-0.2, -0.15) is 17.6 Å². The van der Waals surface area contributed by atoms with Crippen molar-refractivity contribution in [2.24, 2.45) is 0 Å². The number of carbonyl (C=O) groups is 1. The first kappa shape index (κ1) is 18.0. The number of hydrogen-bond acceptors (Lipinski definition) is 3. The van der Waals surface area contributed by atoms with Gasteiger partial charge in [0.2, 0.25) is 0 Å². The molecule has 0 radical (unpaired) electrons. The van der Waals surface area contributed by atoms with E-state index in [0.717, 1.165) is 11.6 Å². The van der Waals surface area contributed by atoms with Crippen molar-refractivity contribution in [3.8, 4) is 11.5 Å². The van der Waals surface area contributed by atoms with Crippen molar-refractivity contribution in [2.75, 3.05) is 0 Å². The van der Waals surface area contributed by atoms with E-state index >= 15 is 0 Å². The highest BCUT2D eigenvalue weighted by atomic mass is 19.3. The molecule has 2 aromatic carbocycles. The molecule has 0 aliphatic heterocycles. The van der Waals surface area contributed by atoms with Crippen molar-refractivity contribution >= 4 is 11.9 Å². The quantitative estimate of drug-likeness (QED) is 0.545. The summed E-state index contributed by atoms with van der Waals surface area (Å²) in [5.41, 5.74) is 2.12. The molecule has 26 heavy (non-hydrogen) atoms. The normalized spacial score (nSPS) is 15.5. The van der Waals surface area contributed by atoms with E-state index in [9.17, 15) is 22.4 Å². The van der Waals surface area contributed by atoms with Gasteiger partial charge in [-0.25, -0.2) is 0 Å².